The van der Waals surface area contributed by atoms with Gasteiger partial charge < -0.3 is 0 Å². The van der Waals surface area contributed by atoms with E-state index < -0.39 is 0 Å². The molecule has 1 aromatic rings. The number of allylic oxidation sites excluding steroid dienone is 1. The molecule has 0 bridgehead atoms. The quantitative estimate of drug-likeness (QED) is 0.622. The SMILES string of the molecule is C1=NC(c2cccs2)=CC2CC12. The van der Waals surface area contributed by atoms with E-state index in [0.29, 0.717) is 0 Å². The highest BCUT2D eigenvalue weighted by molar-refractivity contribution is 7.11. The van der Waals surface area contributed by atoms with Gasteiger partial charge in [-0.1, -0.05) is 12.1 Å². The van der Waals surface area contributed by atoms with Gasteiger partial charge in [-0.3, -0.25) is 4.99 Å². The lowest BCUT2D eigenvalue weighted by atomic mass is 10.2. The summed E-state index contributed by atoms with van der Waals surface area (Å²) >= 11 is 1.77. The number of aliphatic imine (C=N–C) groups is 1. The van der Waals surface area contributed by atoms with Crippen molar-refractivity contribution in [2.24, 2.45) is 16.8 Å². The van der Waals surface area contributed by atoms with Crippen LogP contribution in [0.5, 0.6) is 0 Å². The molecule has 60 valence electrons. The predicted octanol–water partition coefficient (Wildman–Crippen LogP) is 2.81. The monoisotopic (exact) mass is 175 g/mol. The molecule has 0 radical (unpaired) electrons. The van der Waals surface area contributed by atoms with Gasteiger partial charge in [0, 0.05) is 12.1 Å². The number of rotatable bonds is 1. The molecule has 2 atom stereocenters. The lowest BCUT2D eigenvalue weighted by molar-refractivity contribution is 1.03. The molecule has 2 heterocycles. The maximum Gasteiger partial charge on any atom is 0.0761 e. The first-order chi connectivity index (χ1) is 5.93. The number of hydrogen-bond donors (Lipinski definition) is 0. The van der Waals surface area contributed by atoms with Crippen LogP contribution in [0, 0.1) is 11.8 Å². The van der Waals surface area contributed by atoms with Crippen LogP contribution in [0.4, 0.5) is 0 Å². The third-order valence-electron chi connectivity index (χ3n) is 2.44. The Morgan fingerprint density at radius 1 is 1.42 bits per heavy atom. The van der Waals surface area contributed by atoms with Gasteiger partial charge in [0.15, 0.2) is 0 Å². The fourth-order valence-electron chi connectivity index (χ4n) is 1.59. The van der Waals surface area contributed by atoms with E-state index in [9.17, 15) is 0 Å². The first kappa shape index (κ1) is 6.61. The van der Waals surface area contributed by atoms with Crippen molar-refractivity contribution in [3.8, 4) is 0 Å². The van der Waals surface area contributed by atoms with Crippen LogP contribution < -0.4 is 0 Å². The van der Waals surface area contributed by atoms with Crippen LogP contribution >= 0.6 is 11.3 Å². The molecule has 1 aliphatic heterocycles. The third kappa shape index (κ3) is 0.950. The molecule has 0 N–H and O–H groups in total. The minimum Gasteiger partial charge on any atom is -0.260 e. The van der Waals surface area contributed by atoms with Crippen molar-refractivity contribution >= 4 is 23.2 Å². The zero-order valence-electron chi connectivity index (χ0n) is 6.60. The van der Waals surface area contributed by atoms with Crippen LogP contribution in [0.15, 0.2) is 28.6 Å². The van der Waals surface area contributed by atoms with Crippen molar-refractivity contribution in [2.45, 2.75) is 6.42 Å². The van der Waals surface area contributed by atoms with Crippen LogP contribution in [-0.4, -0.2) is 6.21 Å². The van der Waals surface area contributed by atoms with Crippen molar-refractivity contribution in [3.05, 3.63) is 28.5 Å². The average molecular weight is 175 g/mol. The summed E-state index contributed by atoms with van der Waals surface area (Å²) in [6, 6.07) is 4.21. The molecule has 1 aliphatic carbocycles. The summed E-state index contributed by atoms with van der Waals surface area (Å²) in [4.78, 5) is 5.74. The lowest BCUT2D eigenvalue weighted by Crippen LogP contribution is -1.89. The Morgan fingerprint density at radius 2 is 2.42 bits per heavy atom. The Morgan fingerprint density at radius 3 is 3.17 bits per heavy atom. The summed E-state index contributed by atoms with van der Waals surface area (Å²) in [5, 5.41) is 2.10. The minimum atomic E-state index is 0.772. The van der Waals surface area contributed by atoms with Crippen molar-refractivity contribution in [1.82, 2.24) is 0 Å². The number of thiophene rings is 1. The summed E-state index contributed by atoms with van der Waals surface area (Å²) in [5.41, 5.74) is 1.18. The normalized spacial score (nSPS) is 31.2. The first-order valence-electron chi connectivity index (χ1n) is 4.23. The van der Waals surface area contributed by atoms with Gasteiger partial charge in [0.05, 0.1) is 10.6 Å². The third-order valence-corrected chi connectivity index (χ3v) is 3.33. The van der Waals surface area contributed by atoms with E-state index in [4.69, 9.17) is 0 Å². The number of hydrogen-bond acceptors (Lipinski definition) is 2. The van der Waals surface area contributed by atoms with Crippen LogP contribution in [0.25, 0.3) is 5.70 Å². The highest BCUT2D eigenvalue weighted by Crippen LogP contribution is 2.43. The second-order valence-electron chi connectivity index (χ2n) is 3.37. The van der Waals surface area contributed by atoms with Gasteiger partial charge in [-0.05, 0) is 23.8 Å². The lowest BCUT2D eigenvalue weighted by Gasteiger charge is -2.01. The zero-order chi connectivity index (χ0) is 7.97. The van der Waals surface area contributed by atoms with E-state index >= 15 is 0 Å². The van der Waals surface area contributed by atoms with Crippen LogP contribution in [0.1, 0.15) is 11.3 Å². The van der Waals surface area contributed by atoms with Gasteiger partial charge in [-0.2, -0.15) is 0 Å². The molecule has 3 rings (SSSR count). The molecule has 0 aromatic carbocycles. The van der Waals surface area contributed by atoms with Gasteiger partial charge in [0.2, 0.25) is 0 Å². The van der Waals surface area contributed by atoms with E-state index in [2.05, 4.69) is 34.8 Å². The molecule has 1 saturated carbocycles. The van der Waals surface area contributed by atoms with Crippen molar-refractivity contribution in [1.29, 1.82) is 0 Å². The zero-order valence-corrected chi connectivity index (χ0v) is 7.42. The standard InChI is InChI=1S/C10H9NS/c1-2-10(12-3-1)9-5-7-4-8(7)6-11-9/h1-3,5-8H,4H2. The Kier molecular flexibility index (Phi) is 1.27. The fraction of sp³-hybridized carbons (Fsp3) is 0.300. The maximum absolute atomic E-state index is 4.44. The smallest absolute Gasteiger partial charge is 0.0761 e. The second-order valence-corrected chi connectivity index (χ2v) is 4.32. The summed E-state index contributed by atoms with van der Waals surface area (Å²) in [6.07, 6.45) is 5.74. The molecule has 0 saturated heterocycles. The van der Waals surface area contributed by atoms with E-state index in [0.717, 1.165) is 11.8 Å². The topological polar surface area (TPSA) is 12.4 Å². The Bertz CT molecular complexity index is 348. The Hall–Kier alpha value is -0.890. The molecule has 12 heavy (non-hydrogen) atoms. The van der Waals surface area contributed by atoms with E-state index in [1.54, 1.807) is 11.3 Å². The number of nitrogens with zero attached hydrogens (tertiary/aromatic N) is 1. The second kappa shape index (κ2) is 2.30. The van der Waals surface area contributed by atoms with E-state index in [1.807, 2.05) is 0 Å². The number of fused-ring (bicyclic) bond motifs is 1. The molecular formula is C10H9NS. The molecule has 2 aliphatic rings. The first-order valence-corrected chi connectivity index (χ1v) is 5.11. The minimum absolute atomic E-state index is 0.772. The maximum atomic E-state index is 4.44. The van der Waals surface area contributed by atoms with Gasteiger partial charge in [-0.25, -0.2) is 0 Å². The van der Waals surface area contributed by atoms with Crippen LogP contribution in [-0.2, 0) is 0 Å². The van der Waals surface area contributed by atoms with Gasteiger partial charge in [-0.15, -0.1) is 11.3 Å². The molecule has 0 amide bonds. The summed E-state index contributed by atoms with van der Waals surface area (Å²) in [7, 11) is 0. The summed E-state index contributed by atoms with van der Waals surface area (Å²) in [5.74, 6) is 1.58. The predicted molar refractivity (Wildman–Crippen MR) is 52.4 cm³/mol. The Balaban J connectivity index is 1.99. The van der Waals surface area contributed by atoms with Gasteiger partial charge in [0.25, 0.3) is 0 Å². The molecule has 2 unspecified atom stereocenters. The highest BCUT2D eigenvalue weighted by atomic mass is 32.1. The fourth-order valence-corrected chi connectivity index (χ4v) is 2.29. The van der Waals surface area contributed by atoms with Crippen LogP contribution in [0.2, 0.25) is 0 Å². The largest absolute Gasteiger partial charge is 0.260 e. The van der Waals surface area contributed by atoms with Gasteiger partial charge >= 0.3 is 0 Å². The van der Waals surface area contributed by atoms with E-state index in [1.165, 1.54) is 17.0 Å². The van der Waals surface area contributed by atoms with Crippen LogP contribution in [0.3, 0.4) is 0 Å². The van der Waals surface area contributed by atoms with Crippen molar-refractivity contribution in [2.75, 3.05) is 0 Å². The molecule has 1 nitrogen and oxygen atoms in total. The van der Waals surface area contributed by atoms with Crippen molar-refractivity contribution in [3.63, 3.8) is 0 Å². The summed E-state index contributed by atoms with van der Waals surface area (Å²) < 4.78 is 0. The molecule has 0 spiro atoms. The summed E-state index contributed by atoms with van der Waals surface area (Å²) in [6.45, 7) is 0. The average Bonchev–Trinajstić information content (AvgIpc) is 2.66. The molecule has 2 heteroatoms. The highest BCUT2D eigenvalue weighted by Gasteiger charge is 2.36. The molecule has 1 fully saturated rings. The van der Waals surface area contributed by atoms with E-state index in [-0.39, 0.29) is 0 Å². The molecular weight excluding hydrogens is 166 g/mol. The van der Waals surface area contributed by atoms with Crippen molar-refractivity contribution < 1.29 is 0 Å². The van der Waals surface area contributed by atoms with Gasteiger partial charge in [0.1, 0.15) is 0 Å². The molecule has 1 aromatic heterocycles. The Labute approximate surface area is 75.5 Å².